The Balaban J connectivity index is 3.16. The smallest absolute Gasteiger partial charge is 0.379 e. The molecule has 0 saturated heterocycles. The number of esters is 1. The summed E-state index contributed by atoms with van der Waals surface area (Å²) in [6.45, 7) is 1.16. The van der Waals surface area contributed by atoms with Gasteiger partial charge in [0.25, 0.3) is 0 Å². The average Bonchev–Trinajstić information content (AvgIpc) is 2.38. The summed E-state index contributed by atoms with van der Waals surface area (Å²) in [5.41, 5.74) is 4.63. The Hall–Kier alpha value is -2.02. The number of aromatic carboxylic acids is 1. The van der Waals surface area contributed by atoms with Gasteiger partial charge in [-0.25, -0.2) is 9.59 Å². The van der Waals surface area contributed by atoms with Crippen LogP contribution in [0.15, 0.2) is 24.3 Å². The Bertz CT molecular complexity index is 490. The molecule has 0 fully saturated rings. The molecule has 1 aromatic rings. The van der Waals surface area contributed by atoms with Crippen LogP contribution in [0.5, 0.6) is 0 Å². The van der Waals surface area contributed by atoms with E-state index in [1.54, 1.807) is 0 Å². The van der Waals surface area contributed by atoms with Crippen molar-refractivity contribution in [1.82, 2.24) is 0 Å². The summed E-state index contributed by atoms with van der Waals surface area (Å²) < 4.78 is 31.7. The number of nitrogens with two attached hydrogens (primary N) is 1. The van der Waals surface area contributed by atoms with Gasteiger partial charge in [0.15, 0.2) is 0 Å². The SMILES string of the molecule is CCOC(=O)C(F)(F)[C@H](N)c1ccccc1C(=O)O. The number of alkyl halides is 2. The maximum atomic E-state index is 13.7. The first-order valence-electron chi connectivity index (χ1n) is 5.45. The van der Waals surface area contributed by atoms with E-state index in [1.807, 2.05) is 0 Å². The summed E-state index contributed by atoms with van der Waals surface area (Å²) in [5.74, 6) is -7.17. The van der Waals surface area contributed by atoms with Crippen molar-refractivity contribution in [3.05, 3.63) is 35.4 Å². The van der Waals surface area contributed by atoms with Crippen molar-refractivity contribution in [2.24, 2.45) is 5.73 Å². The Morgan fingerprint density at radius 2 is 2.00 bits per heavy atom. The van der Waals surface area contributed by atoms with Gasteiger partial charge in [0.05, 0.1) is 12.2 Å². The number of carboxylic acid groups (broad SMARTS) is 1. The summed E-state index contributed by atoms with van der Waals surface area (Å²) >= 11 is 0. The van der Waals surface area contributed by atoms with Crippen LogP contribution in [0.25, 0.3) is 0 Å². The van der Waals surface area contributed by atoms with E-state index in [9.17, 15) is 18.4 Å². The Kier molecular flexibility index (Phi) is 4.55. The molecule has 0 aromatic heterocycles. The molecule has 0 unspecified atom stereocenters. The molecule has 1 aromatic carbocycles. The minimum Gasteiger partial charge on any atom is -0.478 e. The maximum Gasteiger partial charge on any atom is 0.379 e. The van der Waals surface area contributed by atoms with Crippen molar-refractivity contribution >= 4 is 11.9 Å². The van der Waals surface area contributed by atoms with Gasteiger partial charge in [-0.3, -0.25) is 0 Å². The standard InChI is InChI=1S/C12H13F2NO4/c1-2-19-11(18)12(13,14)9(15)7-5-3-4-6-8(7)10(16)17/h3-6,9H,2,15H2,1H3,(H,16,17)/t9-/m1/s1. The maximum absolute atomic E-state index is 13.7. The number of ether oxygens (including phenoxy) is 1. The third kappa shape index (κ3) is 3.05. The van der Waals surface area contributed by atoms with Crippen molar-refractivity contribution in [3.8, 4) is 0 Å². The van der Waals surface area contributed by atoms with E-state index in [4.69, 9.17) is 10.8 Å². The highest BCUT2D eigenvalue weighted by atomic mass is 19.3. The largest absolute Gasteiger partial charge is 0.478 e. The first-order chi connectivity index (χ1) is 8.82. The summed E-state index contributed by atoms with van der Waals surface area (Å²) in [6, 6.07) is 2.93. The number of carbonyl (C=O) groups excluding carboxylic acids is 1. The fraction of sp³-hybridized carbons (Fsp3) is 0.333. The lowest BCUT2D eigenvalue weighted by molar-refractivity contribution is -0.174. The summed E-state index contributed by atoms with van der Waals surface area (Å²) in [7, 11) is 0. The molecule has 5 nitrogen and oxygen atoms in total. The number of rotatable bonds is 5. The van der Waals surface area contributed by atoms with Crippen LogP contribution >= 0.6 is 0 Å². The number of benzene rings is 1. The highest BCUT2D eigenvalue weighted by Crippen LogP contribution is 2.32. The van der Waals surface area contributed by atoms with Crippen molar-refractivity contribution < 1.29 is 28.2 Å². The summed E-state index contributed by atoms with van der Waals surface area (Å²) in [4.78, 5) is 22.1. The molecule has 104 valence electrons. The van der Waals surface area contributed by atoms with Crippen LogP contribution in [0.2, 0.25) is 0 Å². The quantitative estimate of drug-likeness (QED) is 0.795. The second-order valence-corrected chi connectivity index (χ2v) is 3.71. The molecule has 1 rings (SSSR count). The monoisotopic (exact) mass is 273 g/mol. The van der Waals surface area contributed by atoms with Crippen molar-refractivity contribution in [1.29, 1.82) is 0 Å². The Morgan fingerprint density at radius 3 is 2.53 bits per heavy atom. The van der Waals surface area contributed by atoms with E-state index in [-0.39, 0.29) is 17.7 Å². The van der Waals surface area contributed by atoms with Crippen LogP contribution in [-0.4, -0.2) is 29.6 Å². The minimum atomic E-state index is -4.00. The second-order valence-electron chi connectivity index (χ2n) is 3.71. The lowest BCUT2D eigenvalue weighted by Gasteiger charge is -2.22. The van der Waals surface area contributed by atoms with Gasteiger partial charge in [0, 0.05) is 0 Å². The number of carboxylic acids is 1. The van der Waals surface area contributed by atoms with E-state index in [1.165, 1.54) is 19.1 Å². The zero-order chi connectivity index (χ0) is 14.6. The predicted octanol–water partition coefficient (Wildman–Crippen LogP) is 1.58. The van der Waals surface area contributed by atoms with E-state index in [2.05, 4.69) is 4.74 Å². The van der Waals surface area contributed by atoms with Gasteiger partial charge in [-0.1, -0.05) is 18.2 Å². The highest BCUT2D eigenvalue weighted by Gasteiger charge is 2.48. The molecule has 0 spiro atoms. The minimum absolute atomic E-state index is 0.221. The van der Waals surface area contributed by atoms with E-state index in [0.717, 1.165) is 12.1 Å². The van der Waals surface area contributed by atoms with Crippen molar-refractivity contribution in [2.45, 2.75) is 18.9 Å². The molecule has 0 heterocycles. The van der Waals surface area contributed by atoms with E-state index >= 15 is 0 Å². The zero-order valence-electron chi connectivity index (χ0n) is 10.1. The Labute approximate surface area is 108 Å². The fourth-order valence-corrected chi connectivity index (χ4v) is 1.51. The van der Waals surface area contributed by atoms with Crippen molar-refractivity contribution in [2.75, 3.05) is 6.61 Å². The van der Waals surface area contributed by atoms with E-state index in [0.29, 0.717) is 0 Å². The molecule has 0 aliphatic carbocycles. The molecular weight excluding hydrogens is 260 g/mol. The topological polar surface area (TPSA) is 89.6 Å². The second kappa shape index (κ2) is 5.75. The average molecular weight is 273 g/mol. The molecule has 0 amide bonds. The van der Waals surface area contributed by atoms with Gasteiger partial charge in [-0.05, 0) is 18.6 Å². The van der Waals surface area contributed by atoms with Gasteiger partial charge in [0.1, 0.15) is 6.04 Å². The first-order valence-corrected chi connectivity index (χ1v) is 5.45. The van der Waals surface area contributed by atoms with Crippen LogP contribution < -0.4 is 5.73 Å². The number of halogens is 2. The third-order valence-electron chi connectivity index (χ3n) is 2.46. The first kappa shape index (κ1) is 15.0. The van der Waals surface area contributed by atoms with Gasteiger partial charge in [0.2, 0.25) is 0 Å². The molecule has 19 heavy (non-hydrogen) atoms. The normalized spacial score (nSPS) is 12.8. The van der Waals surface area contributed by atoms with Gasteiger partial charge >= 0.3 is 17.9 Å². The van der Waals surface area contributed by atoms with Gasteiger partial charge < -0.3 is 15.6 Å². The number of carbonyl (C=O) groups is 2. The molecule has 0 radical (unpaired) electrons. The van der Waals surface area contributed by atoms with Gasteiger partial charge in [-0.2, -0.15) is 8.78 Å². The molecule has 0 saturated carbocycles. The molecule has 1 atom stereocenters. The summed E-state index contributed by atoms with van der Waals surface area (Å²) in [6.07, 6.45) is 0. The van der Waals surface area contributed by atoms with Crippen LogP contribution in [0.4, 0.5) is 8.78 Å². The summed E-state index contributed by atoms with van der Waals surface area (Å²) in [5, 5.41) is 8.91. The molecule has 0 bridgehead atoms. The lowest BCUT2D eigenvalue weighted by atomic mass is 9.96. The Morgan fingerprint density at radius 1 is 1.42 bits per heavy atom. The van der Waals surface area contributed by atoms with Crippen LogP contribution in [-0.2, 0) is 9.53 Å². The molecular formula is C12H13F2NO4. The fourth-order valence-electron chi connectivity index (χ4n) is 1.51. The van der Waals surface area contributed by atoms with Gasteiger partial charge in [-0.15, -0.1) is 0 Å². The van der Waals surface area contributed by atoms with Crippen molar-refractivity contribution in [3.63, 3.8) is 0 Å². The van der Waals surface area contributed by atoms with Crippen LogP contribution in [0.3, 0.4) is 0 Å². The highest BCUT2D eigenvalue weighted by molar-refractivity contribution is 5.90. The van der Waals surface area contributed by atoms with E-state index < -0.39 is 23.9 Å². The zero-order valence-corrected chi connectivity index (χ0v) is 10.1. The number of hydrogen-bond donors (Lipinski definition) is 2. The van der Waals surface area contributed by atoms with Crippen LogP contribution in [0, 0.1) is 0 Å². The lowest BCUT2D eigenvalue weighted by Crippen LogP contribution is -2.42. The predicted molar refractivity (Wildman–Crippen MR) is 61.9 cm³/mol. The number of hydrogen-bond acceptors (Lipinski definition) is 4. The molecule has 7 heteroatoms. The molecule has 0 aliphatic heterocycles. The van der Waals surface area contributed by atoms with Crippen LogP contribution in [0.1, 0.15) is 28.9 Å². The molecule has 3 N–H and O–H groups in total. The molecule has 0 aliphatic rings. The third-order valence-corrected chi connectivity index (χ3v) is 2.46.